The maximum atomic E-state index is 0. The molecule has 0 amide bonds. The summed E-state index contributed by atoms with van der Waals surface area (Å²) in [7, 11) is 0. The molecule has 0 heterocycles. The largest absolute Gasteiger partial charge is 2.00 e. The van der Waals surface area contributed by atoms with E-state index in [1.807, 2.05) is 0 Å². The average molecular weight is 326 g/mol. The summed E-state index contributed by atoms with van der Waals surface area (Å²) in [5.41, 5.74) is 0. The van der Waals surface area contributed by atoms with Crippen LogP contribution in [-0.4, -0.2) is 0 Å². The van der Waals surface area contributed by atoms with E-state index >= 15 is 0 Å². The number of hydrogen-bond acceptors (Lipinski definition) is 0. The van der Waals surface area contributed by atoms with E-state index in [1.165, 1.54) is 0 Å². The molecule has 0 radical (unpaired) electrons. The van der Waals surface area contributed by atoms with E-state index in [-0.39, 0.29) is 146 Å². The Morgan fingerprint density at radius 2 is 0.429 bits per heavy atom. The molecule has 0 saturated heterocycles. The Balaban J connectivity index is 0. The van der Waals surface area contributed by atoms with Gasteiger partial charge in [-0.3, -0.25) is 0 Å². The molecule has 0 aromatic rings. The van der Waals surface area contributed by atoms with E-state index in [0.717, 1.165) is 0 Å². The van der Waals surface area contributed by atoms with Crippen LogP contribution in [0.4, 0.5) is 0 Å². The fourth-order valence-electron chi connectivity index (χ4n) is 0. The zero-order valence-corrected chi connectivity index (χ0v) is 13.2. The summed E-state index contributed by atoms with van der Waals surface area (Å²) < 4.78 is 0. The second-order valence-corrected chi connectivity index (χ2v) is 0. The molecule has 0 aliphatic heterocycles. The molecular formula is K2O4W-6. The van der Waals surface area contributed by atoms with Crippen LogP contribution in [0.25, 0.3) is 0 Å². The van der Waals surface area contributed by atoms with Crippen molar-refractivity contribution in [1.29, 1.82) is 0 Å². The first-order chi connectivity index (χ1) is 0. The van der Waals surface area contributed by atoms with Crippen molar-refractivity contribution in [1.82, 2.24) is 0 Å². The second kappa shape index (κ2) is 52.5. The molecule has 0 unspecified atom stereocenters. The summed E-state index contributed by atoms with van der Waals surface area (Å²) in [6.45, 7) is 0. The molecule has 0 bridgehead atoms. The van der Waals surface area contributed by atoms with Gasteiger partial charge in [-0.2, -0.15) is 0 Å². The standard InChI is InChI=1S/2K.4O.W/q2*+1;4*-2;. The zero-order valence-electron chi connectivity index (χ0n) is 4.04. The summed E-state index contributed by atoms with van der Waals surface area (Å²) in [6, 6.07) is 0. The summed E-state index contributed by atoms with van der Waals surface area (Å²) in [5.74, 6) is 0. The smallest absolute Gasteiger partial charge is 1.00 e. The zero-order chi connectivity index (χ0) is 0. The molecule has 0 saturated carbocycles. The fourth-order valence-corrected chi connectivity index (χ4v) is 0. The predicted octanol–water partition coefficient (Wildman–Crippen LogP) is -6.47. The average Bonchev–Trinajstić information content (AvgIpc) is 0. The quantitative estimate of drug-likeness (QED) is 0.394. The van der Waals surface area contributed by atoms with Crippen LogP contribution in [0.3, 0.4) is 0 Å². The van der Waals surface area contributed by atoms with Gasteiger partial charge >= 0.3 is 103 Å². The van der Waals surface area contributed by atoms with Crippen molar-refractivity contribution in [3.8, 4) is 0 Å². The summed E-state index contributed by atoms with van der Waals surface area (Å²) in [6.07, 6.45) is 0. The minimum Gasteiger partial charge on any atom is -2.00 e. The molecule has 0 aromatic heterocycles. The Morgan fingerprint density at radius 3 is 0.429 bits per heavy atom. The third-order valence-electron chi connectivity index (χ3n) is 0. The summed E-state index contributed by atoms with van der Waals surface area (Å²) in [5, 5.41) is 0. The van der Waals surface area contributed by atoms with Crippen LogP contribution in [0.1, 0.15) is 0 Å². The Labute approximate surface area is 142 Å². The van der Waals surface area contributed by atoms with E-state index < -0.39 is 0 Å². The molecule has 7 heteroatoms. The maximum absolute atomic E-state index is 0. The van der Waals surface area contributed by atoms with E-state index in [4.69, 9.17) is 0 Å². The molecule has 0 atom stereocenters. The van der Waals surface area contributed by atoms with Crippen molar-refractivity contribution in [3.63, 3.8) is 0 Å². The Hall–Kier alpha value is 3.80. The first kappa shape index (κ1) is 71.8. The van der Waals surface area contributed by atoms with E-state index in [1.54, 1.807) is 0 Å². The van der Waals surface area contributed by atoms with Crippen LogP contribution >= 0.6 is 0 Å². The molecule has 0 spiro atoms. The van der Waals surface area contributed by atoms with Gasteiger partial charge in [-0.05, 0) is 0 Å². The van der Waals surface area contributed by atoms with Crippen LogP contribution in [0.5, 0.6) is 0 Å². The van der Waals surface area contributed by atoms with Gasteiger partial charge in [0.25, 0.3) is 0 Å². The molecule has 38 valence electrons. The van der Waals surface area contributed by atoms with Gasteiger partial charge in [0.2, 0.25) is 0 Å². The number of rotatable bonds is 0. The van der Waals surface area contributed by atoms with Gasteiger partial charge in [0.15, 0.2) is 0 Å². The first-order valence-electron chi connectivity index (χ1n) is 0. The SMILES string of the molecule is [K+].[K+].[O-2].[O-2].[O-2].[O-2].[W]. The van der Waals surface area contributed by atoms with Crippen molar-refractivity contribution < 1.29 is 146 Å². The Morgan fingerprint density at radius 1 is 0.429 bits per heavy atom. The van der Waals surface area contributed by atoms with Crippen LogP contribution in [0, 0.1) is 0 Å². The summed E-state index contributed by atoms with van der Waals surface area (Å²) >= 11 is 0. The van der Waals surface area contributed by atoms with Crippen molar-refractivity contribution >= 4 is 0 Å². The normalized spacial score (nSPS) is 0. The molecule has 0 aliphatic carbocycles. The van der Waals surface area contributed by atoms with Crippen molar-refractivity contribution in [2.75, 3.05) is 0 Å². The van der Waals surface area contributed by atoms with Gasteiger partial charge in [-0.1, -0.05) is 0 Å². The minimum absolute atomic E-state index is 0. The third kappa shape index (κ3) is 41.3. The van der Waals surface area contributed by atoms with Crippen LogP contribution < -0.4 is 103 Å². The third-order valence-corrected chi connectivity index (χ3v) is 0. The van der Waals surface area contributed by atoms with Gasteiger partial charge in [-0.25, -0.2) is 0 Å². The van der Waals surface area contributed by atoms with E-state index in [2.05, 4.69) is 0 Å². The van der Waals surface area contributed by atoms with E-state index in [0.29, 0.717) is 0 Å². The monoisotopic (exact) mass is 326 g/mol. The Kier molecular flexibility index (Phi) is 539. The minimum atomic E-state index is 0. The summed E-state index contributed by atoms with van der Waals surface area (Å²) in [4.78, 5) is 0. The molecule has 0 N–H and O–H groups in total. The van der Waals surface area contributed by atoms with Gasteiger partial charge in [0.1, 0.15) is 0 Å². The van der Waals surface area contributed by atoms with Crippen LogP contribution in [0.15, 0.2) is 0 Å². The Bertz CT molecular complexity index is 9.65. The van der Waals surface area contributed by atoms with E-state index in [9.17, 15) is 0 Å². The molecule has 0 aliphatic rings. The van der Waals surface area contributed by atoms with Gasteiger partial charge in [0, 0.05) is 21.1 Å². The predicted molar refractivity (Wildman–Crippen MR) is 2.75 cm³/mol. The molecular weight excluding hydrogens is 326 g/mol. The second-order valence-electron chi connectivity index (χ2n) is 0. The van der Waals surface area contributed by atoms with Crippen LogP contribution in [-0.2, 0) is 43.0 Å². The fraction of sp³-hybridized carbons (Fsp3) is 0. The molecule has 4 nitrogen and oxygen atoms in total. The van der Waals surface area contributed by atoms with Gasteiger partial charge in [0.05, 0.1) is 0 Å². The topological polar surface area (TPSA) is 114 Å². The van der Waals surface area contributed by atoms with Crippen molar-refractivity contribution in [2.45, 2.75) is 0 Å². The van der Waals surface area contributed by atoms with Crippen LogP contribution in [0.2, 0.25) is 0 Å². The maximum Gasteiger partial charge on any atom is 1.00 e. The van der Waals surface area contributed by atoms with Gasteiger partial charge in [-0.15, -0.1) is 0 Å². The van der Waals surface area contributed by atoms with Crippen molar-refractivity contribution in [2.24, 2.45) is 0 Å². The molecule has 0 fully saturated rings. The molecule has 0 aromatic carbocycles. The molecule has 7 heavy (non-hydrogen) atoms. The van der Waals surface area contributed by atoms with Crippen molar-refractivity contribution in [3.05, 3.63) is 0 Å². The molecule has 0 rings (SSSR count). The number of hydrogen-bond donors (Lipinski definition) is 0. The van der Waals surface area contributed by atoms with Gasteiger partial charge < -0.3 is 21.9 Å². The first-order valence-corrected chi connectivity index (χ1v) is 0.